The van der Waals surface area contributed by atoms with Crippen LogP contribution in [0.25, 0.3) is 0 Å². The molecule has 0 aromatic heterocycles. The molecule has 2 rings (SSSR count). The molecule has 0 amide bonds. The van der Waals surface area contributed by atoms with Gasteiger partial charge in [0.25, 0.3) is 0 Å². The summed E-state index contributed by atoms with van der Waals surface area (Å²) in [4.78, 5) is 0. The lowest BCUT2D eigenvalue weighted by atomic mass is 9.89. The summed E-state index contributed by atoms with van der Waals surface area (Å²) in [6.45, 7) is 3.66. The second-order valence-corrected chi connectivity index (χ2v) is 6.14. The van der Waals surface area contributed by atoms with E-state index in [9.17, 15) is 10.2 Å². The zero-order valence-corrected chi connectivity index (χ0v) is 12.8. The van der Waals surface area contributed by atoms with E-state index >= 15 is 0 Å². The molecule has 1 aromatic carbocycles. The van der Waals surface area contributed by atoms with Gasteiger partial charge in [-0.25, -0.2) is 0 Å². The van der Waals surface area contributed by atoms with Crippen molar-refractivity contribution in [2.75, 3.05) is 13.2 Å². The Kier molecular flexibility index (Phi) is 6.49. The minimum atomic E-state index is -0.506. The van der Waals surface area contributed by atoms with Crippen molar-refractivity contribution in [2.45, 2.75) is 51.4 Å². The van der Waals surface area contributed by atoms with Crippen LogP contribution in [0.3, 0.4) is 0 Å². The molecular weight excluding hydrogens is 266 g/mol. The lowest BCUT2D eigenvalue weighted by Gasteiger charge is -2.27. The van der Waals surface area contributed by atoms with Crippen molar-refractivity contribution in [1.29, 1.82) is 0 Å². The molecule has 3 atom stereocenters. The van der Waals surface area contributed by atoms with Crippen LogP contribution in [-0.4, -0.2) is 35.6 Å². The molecule has 21 heavy (non-hydrogen) atoms. The van der Waals surface area contributed by atoms with Crippen molar-refractivity contribution in [2.24, 2.45) is 5.92 Å². The summed E-state index contributed by atoms with van der Waals surface area (Å²) in [5.41, 5.74) is 0.840. The number of para-hydroxylation sites is 1. The molecule has 1 aliphatic rings. The number of phenols is 1. The number of aliphatic hydroxyl groups is 1. The molecule has 3 unspecified atom stereocenters. The van der Waals surface area contributed by atoms with Crippen LogP contribution in [0.2, 0.25) is 0 Å². The topological polar surface area (TPSA) is 61.7 Å². The van der Waals surface area contributed by atoms with Gasteiger partial charge in [-0.3, -0.25) is 0 Å². The van der Waals surface area contributed by atoms with E-state index in [-0.39, 0.29) is 5.75 Å². The van der Waals surface area contributed by atoms with Crippen LogP contribution in [0, 0.1) is 5.92 Å². The van der Waals surface area contributed by atoms with Gasteiger partial charge in [-0.05, 0) is 24.8 Å². The lowest BCUT2D eigenvalue weighted by molar-refractivity contribution is -0.0306. The molecule has 4 heteroatoms. The fraction of sp³-hybridized carbons (Fsp3) is 0.647. The minimum absolute atomic E-state index is 0.284. The van der Waals surface area contributed by atoms with Gasteiger partial charge < -0.3 is 20.3 Å². The van der Waals surface area contributed by atoms with Crippen molar-refractivity contribution in [3.8, 4) is 5.75 Å². The third kappa shape index (κ3) is 5.65. The first kappa shape index (κ1) is 16.3. The van der Waals surface area contributed by atoms with E-state index < -0.39 is 6.10 Å². The summed E-state index contributed by atoms with van der Waals surface area (Å²) in [5, 5.41) is 22.7. The first-order valence-corrected chi connectivity index (χ1v) is 7.92. The molecule has 3 N–H and O–H groups in total. The molecule has 0 heterocycles. The molecule has 0 radical (unpaired) electrons. The van der Waals surface area contributed by atoms with Gasteiger partial charge in [0.15, 0.2) is 0 Å². The number of phenolic OH excluding ortho intramolecular Hbond substituents is 1. The second kappa shape index (κ2) is 8.37. The van der Waals surface area contributed by atoms with Crippen molar-refractivity contribution < 1.29 is 14.9 Å². The van der Waals surface area contributed by atoms with Crippen LogP contribution in [-0.2, 0) is 11.3 Å². The Morgan fingerprint density at radius 1 is 1.33 bits per heavy atom. The van der Waals surface area contributed by atoms with Crippen molar-refractivity contribution in [3.05, 3.63) is 29.8 Å². The summed E-state index contributed by atoms with van der Waals surface area (Å²) in [6, 6.07) is 7.22. The fourth-order valence-electron chi connectivity index (χ4n) is 2.87. The van der Waals surface area contributed by atoms with Gasteiger partial charge in [0.2, 0.25) is 0 Å². The maximum Gasteiger partial charge on any atom is 0.120 e. The van der Waals surface area contributed by atoms with E-state index in [0.717, 1.165) is 24.3 Å². The van der Waals surface area contributed by atoms with Crippen molar-refractivity contribution in [3.63, 3.8) is 0 Å². The molecule has 0 saturated heterocycles. The Labute approximate surface area is 127 Å². The number of rotatable bonds is 7. The summed E-state index contributed by atoms with van der Waals surface area (Å²) in [5.74, 6) is 1.02. The molecule has 4 nitrogen and oxygen atoms in total. The molecule has 118 valence electrons. The molecule has 1 aromatic rings. The van der Waals surface area contributed by atoms with Crippen molar-refractivity contribution >= 4 is 0 Å². The quantitative estimate of drug-likeness (QED) is 0.722. The predicted octanol–water partition coefficient (Wildman–Crippen LogP) is 2.44. The zero-order valence-electron chi connectivity index (χ0n) is 12.8. The SMILES string of the molecule is CC1CCCC(OCC(O)CNCc2ccccc2O)C1. The maximum absolute atomic E-state index is 9.94. The predicted molar refractivity (Wildman–Crippen MR) is 83.2 cm³/mol. The number of nitrogens with one attached hydrogen (secondary N) is 1. The summed E-state index contributed by atoms with van der Waals surface area (Å²) >= 11 is 0. The molecule has 1 aliphatic carbocycles. The van der Waals surface area contributed by atoms with Crippen LogP contribution < -0.4 is 5.32 Å². The molecule has 0 aliphatic heterocycles. The number of benzene rings is 1. The third-order valence-electron chi connectivity index (χ3n) is 4.10. The molecule has 0 spiro atoms. The smallest absolute Gasteiger partial charge is 0.120 e. The Morgan fingerprint density at radius 2 is 2.14 bits per heavy atom. The van der Waals surface area contributed by atoms with Gasteiger partial charge in [-0.15, -0.1) is 0 Å². The average molecular weight is 293 g/mol. The van der Waals surface area contributed by atoms with Crippen LogP contribution in [0.5, 0.6) is 5.75 Å². The highest BCUT2D eigenvalue weighted by atomic mass is 16.5. The van der Waals surface area contributed by atoms with Crippen LogP contribution in [0.15, 0.2) is 24.3 Å². The van der Waals surface area contributed by atoms with Crippen molar-refractivity contribution in [1.82, 2.24) is 5.32 Å². The first-order valence-electron chi connectivity index (χ1n) is 7.92. The van der Waals surface area contributed by atoms with E-state index in [1.807, 2.05) is 12.1 Å². The van der Waals surface area contributed by atoms with Crippen LogP contribution in [0.1, 0.15) is 38.2 Å². The lowest BCUT2D eigenvalue weighted by Crippen LogP contribution is -2.33. The van der Waals surface area contributed by atoms with Crippen LogP contribution in [0.4, 0.5) is 0 Å². The highest BCUT2D eigenvalue weighted by Gasteiger charge is 2.20. The number of hydrogen-bond donors (Lipinski definition) is 3. The number of ether oxygens (including phenoxy) is 1. The first-order chi connectivity index (χ1) is 10.1. The second-order valence-electron chi connectivity index (χ2n) is 6.14. The van der Waals surface area contributed by atoms with E-state index in [1.54, 1.807) is 12.1 Å². The highest BCUT2D eigenvalue weighted by Crippen LogP contribution is 2.25. The minimum Gasteiger partial charge on any atom is -0.508 e. The Morgan fingerprint density at radius 3 is 2.90 bits per heavy atom. The zero-order chi connectivity index (χ0) is 15.1. The standard InChI is InChI=1S/C17H27NO3/c1-13-5-4-7-16(9-13)21-12-15(19)11-18-10-14-6-2-3-8-17(14)20/h2-3,6,8,13,15-16,18-20H,4-5,7,9-12H2,1H3. The van der Waals surface area contributed by atoms with Gasteiger partial charge >= 0.3 is 0 Å². The molecule has 0 bridgehead atoms. The molecule has 1 fully saturated rings. The molecular formula is C17H27NO3. The van der Waals surface area contributed by atoms with E-state index in [4.69, 9.17) is 4.74 Å². The number of aliphatic hydroxyl groups excluding tert-OH is 1. The highest BCUT2D eigenvalue weighted by molar-refractivity contribution is 5.31. The van der Waals surface area contributed by atoms with Gasteiger partial charge in [0.05, 0.1) is 18.8 Å². The maximum atomic E-state index is 9.94. The number of aromatic hydroxyl groups is 1. The fourth-order valence-corrected chi connectivity index (χ4v) is 2.87. The van der Waals surface area contributed by atoms with E-state index in [0.29, 0.717) is 25.8 Å². The van der Waals surface area contributed by atoms with Gasteiger partial charge in [-0.2, -0.15) is 0 Å². The van der Waals surface area contributed by atoms with E-state index in [2.05, 4.69) is 12.2 Å². The number of hydrogen-bond acceptors (Lipinski definition) is 4. The molecule has 1 saturated carbocycles. The van der Waals surface area contributed by atoms with Crippen LogP contribution >= 0.6 is 0 Å². The van der Waals surface area contributed by atoms with E-state index in [1.165, 1.54) is 12.8 Å². The monoisotopic (exact) mass is 293 g/mol. The average Bonchev–Trinajstić information content (AvgIpc) is 2.47. The largest absolute Gasteiger partial charge is 0.508 e. The third-order valence-corrected chi connectivity index (χ3v) is 4.10. The van der Waals surface area contributed by atoms with Gasteiger partial charge in [0.1, 0.15) is 5.75 Å². The van der Waals surface area contributed by atoms with Gasteiger partial charge in [0, 0.05) is 18.7 Å². The summed E-state index contributed by atoms with van der Waals surface area (Å²) in [7, 11) is 0. The normalized spacial score (nSPS) is 23.9. The Hall–Kier alpha value is -1.10. The summed E-state index contributed by atoms with van der Waals surface area (Å²) < 4.78 is 5.80. The Balaban J connectivity index is 1.61. The summed E-state index contributed by atoms with van der Waals surface area (Å²) in [6.07, 6.45) is 4.55. The Bertz CT molecular complexity index is 424. The van der Waals surface area contributed by atoms with Gasteiger partial charge in [-0.1, -0.05) is 38.0 Å².